The Balaban J connectivity index is 1.59. The van der Waals surface area contributed by atoms with Crippen LogP contribution in [0.4, 0.5) is 5.69 Å². The van der Waals surface area contributed by atoms with Gasteiger partial charge in [-0.3, -0.25) is 9.59 Å². The van der Waals surface area contributed by atoms with Gasteiger partial charge in [0.2, 0.25) is 5.91 Å². The van der Waals surface area contributed by atoms with E-state index >= 15 is 0 Å². The number of rotatable bonds is 4. The highest BCUT2D eigenvalue weighted by atomic mass is 16.2. The van der Waals surface area contributed by atoms with Crippen molar-refractivity contribution in [3.8, 4) is 0 Å². The zero-order chi connectivity index (χ0) is 20.1. The van der Waals surface area contributed by atoms with E-state index in [4.69, 9.17) is 5.73 Å². The Bertz CT molecular complexity index is 885. The number of piperazine rings is 1. The van der Waals surface area contributed by atoms with Gasteiger partial charge in [0.05, 0.1) is 13.1 Å². The van der Waals surface area contributed by atoms with Gasteiger partial charge in [0.1, 0.15) is 0 Å². The van der Waals surface area contributed by atoms with Gasteiger partial charge in [-0.1, -0.05) is 18.2 Å². The lowest BCUT2D eigenvalue weighted by molar-refractivity contribution is -0.123. The molecule has 2 aromatic carbocycles. The van der Waals surface area contributed by atoms with Crippen LogP contribution in [0, 0.1) is 13.8 Å². The van der Waals surface area contributed by atoms with Gasteiger partial charge in [0.15, 0.2) is 5.96 Å². The van der Waals surface area contributed by atoms with Gasteiger partial charge in [-0.2, -0.15) is 0 Å². The summed E-state index contributed by atoms with van der Waals surface area (Å²) in [5, 5.41) is 5.81. The van der Waals surface area contributed by atoms with Crippen molar-refractivity contribution in [2.45, 2.75) is 20.4 Å². The molecule has 2 aromatic rings. The Morgan fingerprint density at radius 1 is 1.18 bits per heavy atom. The number of aryl methyl sites for hydroxylation is 2. The molecule has 0 spiro atoms. The molecule has 1 aliphatic rings. The second-order valence-corrected chi connectivity index (χ2v) is 6.98. The molecule has 7 heteroatoms. The Morgan fingerprint density at radius 3 is 2.50 bits per heavy atom. The molecular weight excluding hydrogens is 354 g/mol. The highest BCUT2D eigenvalue weighted by Gasteiger charge is 2.21. The Labute approximate surface area is 164 Å². The molecule has 0 aliphatic carbocycles. The predicted octanol–water partition coefficient (Wildman–Crippen LogP) is 1.80. The number of nitrogens with two attached hydrogens (primary N) is 1. The van der Waals surface area contributed by atoms with E-state index in [1.165, 1.54) is 0 Å². The van der Waals surface area contributed by atoms with Crippen molar-refractivity contribution >= 4 is 23.5 Å². The molecule has 0 aromatic heterocycles. The summed E-state index contributed by atoms with van der Waals surface area (Å²) in [5.74, 6) is 0.0720. The average molecular weight is 379 g/mol. The van der Waals surface area contributed by atoms with Crippen LogP contribution in [-0.2, 0) is 11.3 Å². The second-order valence-electron chi connectivity index (χ2n) is 6.98. The number of aliphatic imine (C=N–C) groups is 1. The van der Waals surface area contributed by atoms with Crippen LogP contribution < -0.4 is 16.4 Å². The lowest BCUT2D eigenvalue weighted by Gasteiger charge is -2.26. The smallest absolute Gasteiger partial charge is 0.254 e. The van der Waals surface area contributed by atoms with Gasteiger partial charge in [-0.25, -0.2) is 4.99 Å². The summed E-state index contributed by atoms with van der Waals surface area (Å²) in [6.45, 7) is 5.59. The molecule has 1 fully saturated rings. The summed E-state index contributed by atoms with van der Waals surface area (Å²) in [6.07, 6.45) is 0. The normalized spacial score (nSPS) is 14.6. The number of nitrogens with zero attached hydrogens (tertiary/aromatic N) is 2. The van der Waals surface area contributed by atoms with Crippen molar-refractivity contribution < 1.29 is 9.59 Å². The number of amides is 2. The van der Waals surface area contributed by atoms with E-state index in [0.717, 1.165) is 22.4 Å². The summed E-state index contributed by atoms with van der Waals surface area (Å²) in [7, 11) is 0. The minimum absolute atomic E-state index is 0.103. The molecule has 146 valence electrons. The molecule has 0 unspecified atom stereocenters. The molecule has 0 bridgehead atoms. The fraction of sp³-hybridized carbons (Fsp3) is 0.286. The van der Waals surface area contributed by atoms with Gasteiger partial charge >= 0.3 is 0 Å². The average Bonchev–Trinajstić information content (AvgIpc) is 2.65. The van der Waals surface area contributed by atoms with Crippen molar-refractivity contribution in [1.82, 2.24) is 10.2 Å². The zero-order valence-corrected chi connectivity index (χ0v) is 16.2. The largest absolute Gasteiger partial charge is 0.370 e. The molecule has 0 atom stereocenters. The first-order valence-electron chi connectivity index (χ1n) is 9.21. The van der Waals surface area contributed by atoms with Crippen molar-refractivity contribution in [2.75, 3.05) is 25.0 Å². The molecule has 0 saturated carbocycles. The van der Waals surface area contributed by atoms with Gasteiger partial charge < -0.3 is 21.3 Å². The van der Waals surface area contributed by atoms with Crippen LogP contribution >= 0.6 is 0 Å². The third kappa shape index (κ3) is 5.09. The number of anilines is 1. The fourth-order valence-electron chi connectivity index (χ4n) is 3.16. The number of hydrogen-bond acceptors (Lipinski definition) is 3. The van der Waals surface area contributed by atoms with Crippen LogP contribution in [-0.4, -0.2) is 42.3 Å². The number of carbonyl (C=O) groups excluding carboxylic acids is 2. The van der Waals surface area contributed by atoms with Gasteiger partial charge in [-0.05, 0) is 54.8 Å². The van der Waals surface area contributed by atoms with Crippen LogP contribution in [0.3, 0.4) is 0 Å². The monoisotopic (exact) mass is 379 g/mol. The highest BCUT2D eigenvalue weighted by molar-refractivity contribution is 5.97. The zero-order valence-electron chi connectivity index (χ0n) is 16.2. The quantitative estimate of drug-likeness (QED) is 0.557. The lowest BCUT2D eigenvalue weighted by Crippen LogP contribution is -2.49. The van der Waals surface area contributed by atoms with Crippen LogP contribution in [0.1, 0.15) is 27.0 Å². The molecule has 0 radical (unpaired) electrons. The second kappa shape index (κ2) is 8.56. The Morgan fingerprint density at radius 2 is 1.86 bits per heavy atom. The third-order valence-corrected chi connectivity index (χ3v) is 4.45. The third-order valence-electron chi connectivity index (χ3n) is 4.45. The van der Waals surface area contributed by atoms with Gasteiger partial charge in [-0.15, -0.1) is 0 Å². The van der Waals surface area contributed by atoms with Gasteiger partial charge in [0.25, 0.3) is 5.91 Å². The Hall–Kier alpha value is -3.35. The van der Waals surface area contributed by atoms with E-state index in [9.17, 15) is 9.59 Å². The number of nitrogens with one attached hydrogen (secondary N) is 2. The molecule has 7 nitrogen and oxygen atoms in total. The maximum Gasteiger partial charge on any atom is 0.254 e. The van der Waals surface area contributed by atoms with Crippen molar-refractivity contribution in [3.63, 3.8) is 0 Å². The first kappa shape index (κ1) is 19.4. The molecule has 28 heavy (non-hydrogen) atoms. The minimum Gasteiger partial charge on any atom is -0.370 e. The predicted molar refractivity (Wildman–Crippen MR) is 110 cm³/mol. The summed E-state index contributed by atoms with van der Waals surface area (Å²) < 4.78 is 0. The molecule has 1 aliphatic heterocycles. The minimum atomic E-state index is -0.138. The van der Waals surface area contributed by atoms with Gasteiger partial charge in [0, 0.05) is 24.3 Å². The lowest BCUT2D eigenvalue weighted by atomic mass is 10.1. The van der Waals surface area contributed by atoms with E-state index in [1.54, 1.807) is 17.0 Å². The standard InChI is InChI=1S/C21H25N5O2/c1-14-9-15(2)11-18(10-14)25-21(22)24-12-16-3-5-17(6-4-16)20(28)26-8-7-23-19(27)13-26/h3-6,9-11H,7-8,12-13H2,1-2H3,(H,23,27)(H3,22,24,25). The van der Waals surface area contributed by atoms with E-state index in [0.29, 0.717) is 31.2 Å². The van der Waals surface area contributed by atoms with E-state index in [1.807, 2.05) is 38.1 Å². The van der Waals surface area contributed by atoms with E-state index in [2.05, 4.69) is 21.7 Å². The van der Waals surface area contributed by atoms with E-state index in [-0.39, 0.29) is 18.4 Å². The first-order valence-corrected chi connectivity index (χ1v) is 9.21. The van der Waals surface area contributed by atoms with Crippen LogP contribution in [0.15, 0.2) is 47.5 Å². The summed E-state index contributed by atoms with van der Waals surface area (Å²) in [4.78, 5) is 29.8. The van der Waals surface area contributed by atoms with E-state index < -0.39 is 0 Å². The molecule has 1 heterocycles. The van der Waals surface area contributed by atoms with Crippen molar-refractivity contribution in [1.29, 1.82) is 0 Å². The fourth-order valence-corrected chi connectivity index (χ4v) is 3.16. The molecule has 1 saturated heterocycles. The number of benzene rings is 2. The van der Waals surface area contributed by atoms with Crippen LogP contribution in [0.25, 0.3) is 0 Å². The molecule has 2 amide bonds. The highest BCUT2D eigenvalue weighted by Crippen LogP contribution is 2.14. The maximum atomic E-state index is 12.5. The maximum absolute atomic E-state index is 12.5. The molecular formula is C21H25N5O2. The number of carbonyl (C=O) groups is 2. The number of hydrogen-bond donors (Lipinski definition) is 3. The first-order chi connectivity index (χ1) is 13.4. The summed E-state index contributed by atoms with van der Waals surface area (Å²) >= 11 is 0. The Kier molecular flexibility index (Phi) is 5.93. The van der Waals surface area contributed by atoms with Crippen LogP contribution in [0.2, 0.25) is 0 Å². The SMILES string of the molecule is Cc1cc(C)cc(NC(N)=NCc2ccc(C(=O)N3CCNC(=O)C3)cc2)c1. The molecule has 3 rings (SSSR count). The summed E-state index contributed by atoms with van der Waals surface area (Å²) in [6, 6.07) is 13.3. The van der Waals surface area contributed by atoms with Crippen LogP contribution in [0.5, 0.6) is 0 Å². The topological polar surface area (TPSA) is 99.8 Å². The number of guanidine groups is 1. The van der Waals surface area contributed by atoms with Crippen molar-refractivity contribution in [3.05, 3.63) is 64.7 Å². The van der Waals surface area contributed by atoms with Crippen molar-refractivity contribution in [2.24, 2.45) is 10.7 Å². The summed E-state index contributed by atoms with van der Waals surface area (Å²) in [5.41, 5.74) is 10.7. The molecule has 4 N–H and O–H groups in total.